The van der Waals surface area contributed by atoms with E-state index in [0.717, 1.165) is 29.7 Å². The van der Waals surface area contributed by atoms with Crippen LogP contribution in [0.2, 0.25) is 0 Å². The van der Waals surface area contributed by atoms with Gasteiger partial charge in [-0.1, -0.05) is 60.7 Å². The molecule has 0 spiro atoms. The van der Waals surface area contributed by atoms with Crippen LogP contribution in [-0.4, -0.2) is 49.1 Å². The maximum absolute atomic E-state index is 12.8. The van der Waals surface area contributed by atoms with Gasteiger partial charge in [0.2, 0.25) is 5.91 Å². The van der Waals surface area contributed by atoms with E-state index in [1.807, 2.05) is 84.6 Å². The number of nitrogens with zero attached hydrogens (tertiary/aromatic N) is 1. The first-order valence-corrected chi connectivity index (χ1v) is 12.2. The van der Waals surface area contributed by atoms with Crippen molar-refractivity contribution in [3.63, 3.8) is 0 Å². The van der Waals surface area contributed by atoms with Crippen molar-refractivity contribution in [1.29, 1.82) is 0 Å². The molecule has 3 aromatic rings. The molecule has 6 nitrogen and oxygen atoms in total. The van der Waals surface area contributed by atoms with Gasteiger partial charge in [0, 0.05) is 24.7 Å². The van der Waals surface area contributed by atoms with E-state index in [9.17, 15) is 9.59 Å². The lowest BCUT2D eigenvalue weighted by atomic mass is 10.0. The van der Waals surface area contributed by atoms with Crippen LogP contribution in [0.1, 0.15) is 47.4 Å². The lowest BCUT2D eigenvalue weighted by Gasteiger charge is -2.32. The highest BCUT2D eigenvalue weighted by Crippen LogP contribution is 2.25. The summed E-state index contributed by atoms with van der Waals surface area (Å²) < 4.78 is 11.5. The van der Waals surface area contributed by atoms with E-state index in [2.05, 4.69) is 5.32 Å². The zero-order valence-corrected chi connectivity index (χ0v) is 20.1. The molecule has 1 aliphatic rings. The van der Waals surface area contributed by atoms with Crippen LogP contribution in [-0.2, 0) is 9.53 Å². The van der Waals surface area contributed by atoms with Crippen molar-refractivity contribution in [2.24, 2.45) is 0 Å². The van der Waals surface area contributed by atoms with Gasteiger partial charge in [-0.25, -0.2) is 0 Å². The first-order valence-electron chi connectivity index (χ1n) is 12.2. The SMILES string of the molecule is CCOc1ccc(C(=O)N2CCC(NC(=O)COC(c3ccccc3)c3ccccc3)CC2)cc1. The summed E-state index contributed by atoms with van der Waals surface area (Å²) >= 11 is 0. The topological polar surface area (TPSA) is 67.9 Å². The Morgan fingerprint density at radius 3 is 2.00 bits per heavy atom. The summed E-state index contributed by atoms with van der Waals surface area (Å²) in [7, 11) is 0. The molecular formula is C29H32N2O4. The molecule has 2 amide bonds. The van der Waals surface area contributed by atoms with Gasteiger partial charge in [-0.2, -0.15) is 0 Å². The standard InChI is InChI=1S/C29H32N2O4/c1-2-34-26-15-13-24(14-16-26)29(33)31-19-17-25(18-20-31)30-27(32)21-35-28(22-9-5-3-6-10-22)23-11-7-4-8-12-23/h3-16,25,28H,2,17-21H2,1H3,(H,30,32). The van der Waals surface area contributed by atoms with Crippen LogP contribution in [0.25, 0.3) is 0 Å². The summed E-state index contributed by atoms with van der Waals surface area (Å²) in [5, 5.41) is 3.08. The van der Waals surface area contributed by atoms with Gasteiger partial charge in [0.05, 0.1) is 6.61 Å². The number of ether oxygens (including phenoxy) is 2. The molecular weight excluding hydrogens is 440 g/mol. The molecule has 0 bridgehead atoms. The highest BCUT2D eigenvalue weighted by Gasteiger charge is 2.25. The molecule has 0 saturated carbocycles. The van der Waals surface area contributed by atoms with E-state index in [1.165, 1.54) is 0 Å². The molecule has 0 radical (unpaired) electrons. The van der Waals surface area contributed by atoms with E-state index in [1.54, 1.807) is 12.1 Å². The highest BCUT2D eigenvalue weighted by molar-refractivity contribution is 5.94. The fourth-order valence-electron chi connectivity index (χ4n) is 4.34. The number of piperidine rings is 1. The molecule has 1 fully saturated rings. The van der Waals surface area contributed by atoms with Gasteiger partial charge in [0.15, 0.2) is 0 Å². The Kier molecular flexibility index (Phi) is 8.52. The van der Waals surface area contributed by atoms with Crippen molar-refractivity contribution < 1.29 is 19.1 Å². The van der Waals surface area contributed by atoms with Crippen LogP contribution in [0.5, 0.6) is 5.75 Å². The van der Waals surface area contributed by atoms with Gasteiger partial charge < -0.3 is 19.7 Å². The molecule has 0 aliphatic carbocycles. The number of hydrogen-bond acceptors (Lipinski definition) is 4. The summed E-state index contributed by atoms with van der Waals surface area (Å²) in [5.41, 5.74) is 2.66. The Balaban J connectivity index is 1.26. The normalized spacial score (nSPS) is 14.1. The molecule has 3 aromatic carbocycles. The molecule has 1 aliphatic heterocycles. The Morgan fingerprint density at radius 2 is 1.46 bits per heavy atom. The molecule has 0 aromatic heterocycles. The lowest BCUT2D eigenvalue weighted by molar-refractivity contribution is -0.128. The average Bonchev–Trinajstić information content (AvgIpc) is 2.91. The van der Waals surface area contributed by atoms with Gasteiger partial charge in [-0.3, -0.25) is 9.59 Å². The molecule has 4 rings (SSSR count). The largest absolute Gasteiger partial charge is 0.494 e. The van der Waals surface area contributed by atoms with Crippen molar-refractivity contribution in [2.45, 2.75) is 31.9 Å². The highest BCUT2D eigenvalue weighted by atomic mass is 16.5. The van der Waals surface area contributed by atoms with E-state index < -0.39 is 0 Å². The van der Waals surface area contributed by atoms with Gasteiger partial charge in [0.25, 0.3) is 5.91 Å². The summed E-state index contributed by atoms with van der Waals surface area (Å²) in [5.74, 6) is 0.627. The number of carbonyl (C=O) groups is 2. The second-order valence-electron chi connectivity index (χ2n) is 8.60. The summed E-state index contributed by atoms with van der Waals surface area (Å²) in [4.78, 5) is 27.3. The predicted molar refractivity (Wildman–Crippen MR) is 135 cm³/mol. The Labute approximate surface area is 206 Å². The number of likely N-dealkylation sites (tertiary alicyclic amines) is 1. The maximum Gasteiger partial charge on any atom is 0.253 e. The minimum Gasteiger partial charge on any atom is -0.494 e. The first kappa shape index (κ1) is 24.5. The van der Waals surface area contributed by atoms with E-state index in [4.69, 9.17) is 9.47 Å². The smallest absolute Gasteiger partial charge is 0.253 e. The van der Waals surface area contributed by atoms with Gasteiger partial charge in [0.1, 0.15) is 18.5 Å². The molecule has 35 heavy (non-hydrogen) atoms. The summed E-state index contributed by atoms with van der Waals surface area (Å²) in [6, 6.07) is 27.1. The predicted octanol–water partition coefficient (Wildman–Crippen LogP) is 4.61. The Bertz CT molecular complexity index is 1040. The average molecular weight is 473 g/mol. The lowest BCUT2D eigenvalue weighted by Crippen LogP contribution is -2.47. The van der Waals surface area contributed by atoms with Crippen LogP contribution in [0.15, 0.2) is 84.9 Å². The summed E-state index contributed by atoms with van der Waals surface area (Å²) in [6.07, 6.45) is 1.13. The Morgan fingerprint density at radius 1 is 0.886 bits per heavy atom. The molecule has 1 saturated heterocycles. The van der Waals surface area contributed by atoms with E-state index >= 15 is 0 Å². The second-order valence-corrected chi connectivity index (χ2v) is 8.60. The van der Waals surface area contributed by atoms with Gasteiger partial charge >= 0.3 is 0 Å². The number of nitrogens with one attached hydrogen (secondary N) is 1. The van der Waals surface area contributed by atoms with Crippen LogP contribution in [0, 0.1) is 0 Å². The van der Waals surface area contributed by atoms with Crippen LogP contribution < -0.4 is 10.1 Å². The van der Waals surface area contributed by atoms with Crippen LogP contribution >= 0.6 is 0 Å². The first-order chi connectivity index (χ1) is 17.1. The molecule has 0 unspecified atom stereocenters. The molecule has 1 heterocycles. The third kappa shape index (κ3) is 6.70. The molecule has 182 valence electrons. The van der Waals surface area contributed by atoms with Crippen molar-refractivity contribution in [2.75, 3.05) is 26.3 Å². The van der Waals surface area contributed by atoms with E-state index in [0.29, 0.717) is 25.3 Å². The monoisotopic (exact) mass is 472 g/mol. The van der Waals surface area contributed by atoms with Crippen molar-refractivity contribution in [3.8, 4) is 5.75 Å². The maximum atomic E-state index is 12.8. The van der Waals surface area contributed by atoms with Crippen molar-refractivity contribution >= 4 is 11.8 Å². The molecule has 0 atom stereocenters. The fraction of sp³-hybridized carbons (Fsp3) is 0.310. The zero-order chi connectivity index (χ0) is 24.5. The minimum atomic E-state index is -0.309. The minimum absolute atomic E-state index is 0.00900. The quantitative estimate of drug-likeness (QED) is 0.494. The van der Waals surface area contributed by atoms with Crippen molar-refractivity contribution in [3.05, 3.63) is 102 Å². The third-order valence-corrected chi connectivity index (χ3v) is 6.15. The zero-order valence-electron chi connectivity index (χ0n) is 20.1. The number of amides is 2. The number of benzene rings is 3. The number of rotatable bonds is 9. The van der Waals surface area contributed by atoms with Gasteiger partial charge in [-0.15, -0.1) is 0 Å². The number of hydrogen-bond donors (Lipinski definition) is 1. The summed E-state index contributed by atoms with van der Waals surface area (Å²) in [6.45, 7) is 3.71. The van der Waals surface area contributed by atoms with E-state index in [-0.39, 0.29) is 30.6 Å². The molecule has 6 heteroatoms. The third-order valence-electron chi connectivity index (χ3n) is 6.15. The molecule has 1 N–H and O–H groups in total. The van der Waals surface area contributed by atoms with Crippen molar-refractivity contribution in [1.82, 2.24) is 10.2 Å². The fourth-order valence-corrected chi connectivity index (χ4v) is 4.34. The van der Waals surface area contributed by atoms with Crippen LogP contribution in [0.3, 0.4) is 0 Å². The number of carbonyl (C=O) groups excluding carboxylic acids is 2. The van der Waals surface area contributed by atoms with Gasteiger partial charge in [-0.05, 0) is 55.2 Å². The van der Waals surface area contributed by atoms with Crippen LogP contribution in [0.4, 0.5) is 0 Å². The second kappa shape index (κ2) is 12.2. The Hall–Kier alpha value is -3.64.